The minimum Gasteiger partial charge on any atom is -0.497 e. The van der Waals surface area contributed by atoms with Crippen molar-refractivity contribution in [3.63, 3.8) is 0 Å². The lowest BCUT2D eigenvalue weighted by Gasteiger charge is -2.12. The average Bonchev–Trinajstić information content (AvgIpc) is 3.12. The maximum atomic E-state index is 12.5. The molecule has 3 rings (SSSR count). The Kier molecular flexibility index (Phi) is 6.77. The number of rotatable bonds is 8. The highest BCUT2D eigenvalue weighted by Crippen LogP contribution is 2.26. The number of carbonyl (C=O) groups excluding carboxylic acids is 1. The molecule has 0 aliphatic carbocycles. The van der Waals surface area contributed by atoms with Gasteiger partial charge in [0.15, 0.2) is 11.0 Å². The van der Waals surface area contributed by atoms with Crippen LogP contribution in [0.25, 0.3) is 11.4 Å². The summed E-state index contributed by atoms with van der Waals surface area (Å²) in [5, 5.41) is 11.8. The summed E-state index contributed by atoms with van der Waals surface area (Å²) in [6, 6.07) is 15.2. The van der Waals surface area contributed by atoms with Gasteiger partial charge in [0, 0.05) is 19.2 Å². The van der Waals surface area contributed by atoms with Crippen LogP contribution in [0.15, 0.2) is 53.7 Å². The summed E-state index contributed by atoms with van der Waals surface area (Å²) in [4.78, 5) is 12.5. The third-order valence-electron chi connectivity index (χ3n) is 4.46. The van der Waals surface area contributed by atoms with Crippen LogP contribution in [-0.4, -0.2) is 40.1 Å². The molecule has 1 heterocycles. The first-order chi connectivity index (χ1) is 14.0. The Morgan fingerprint density at radius 2 is 1.62 bits per heavy atom. The molecule has 8 heteroatoms. The fourth-order valence-corrected chi connectivity index (χ4v) is 3.54. The van der Waals surface area contributed by atoms with Crippen molar-refractivity contribution in [1.82, 2.24) is 20.1 Å². The molecular formula is C21H24N4O3S. The van der Waals surface area contributed by atoms with E-state index in [-0.39, 0.29) is 11.2 Å². The van der Waals surface area contributed by atoms with Crippen molar-refractivity contribution in [2.24, 2.45) is 7.05 Å². The Morgan fingerprint density at radius 1 is 1.03 bits per heavy atom. The second-order valence-electron chi connectivity index (χ2n) is 6.42. The molecule has 152 valence electrons. The first kappa shape index (κ1) is 20.7. The predicted molar refractivity (Wildman–Crippen MR) is 113 cm³/mol. The zero-order valence-corrected chi connectivity index (χ0v) is 17.7. The molecule has 29 heavy (non-hydrogen) atoms. The SMILES string of the molecule is COc1ccc(CNC(=O)[C@H](C)Sc2nnc(-c3ccc(OC)cc3)n2C)cc1. The third kappa shape index (κ3) is 5.08. The van der Waals surface area contributed by atoms with Gasteiger partial charge < -0.3 is 19.4 Å². The minimum atomic E-state index is -0.306. The first-order valence-electron chi connectivity index (χ1n) is 9.13. The number of thioether (sulfide) groups is 1. The molecule has 0 bridgehead atoms. The fraction of sp³-hybridized carbons (Fsp3) is 0.286. The van der Waals surface area contributed by atoms with E-state index in [1.54, 1.807) is 14.2 Å². The molecular weight excluding hydrogens is 388 g/mol. The maximum absolute atomic E-state index is 12.5. The highest BCUT2D eigenvalue weighted by Gasteiger charge is 2.19. The molecule has 7 nitrogen and oxygen atoms in total. The normalized spacial score (nSPS) is 11.7. The van der Waals surface area contributed by atoms with E-state index in [1.165, 1.54) is 11.8 Å². The van der Waals surface area contributed by atoms with E-state index in [0.717, 1.165) is 28.5 Å². The Hall–Kier alpha value is -3.00. The lowest BCUT2D eigenvalue weighted by atomic mass is 10.2. The molecule has 0 unspecified atom stereocenters. The number of ether oxygens (including phenoxy) is 2. The van der Waals surface area contributed by atoms with Gasteiger partial charge in [0.1, 0.15) is 11.5 Å². The molecule has 2 aromatic carbocycles. The topological polar surface area (TPSA) is 78.3 Å². The van der Waals surface area contributed by atoms with Gasteiger partial charge in [-0.25, -0.2) is 0 Å². The van der Waals surface area contributed by atoms with Crippen molar-refractivity contribution in [3.8, 4) is 22.9 Å². The summed E-state index contributed by atoms with van der Waals surface area (Å²) in [7, 11) is 5.15. The van der Waals surface area contributed by atoms with E-state index < -0.39 is 0 Å². The van der Waals surface area contributed by atoms with Gasteiger partial charge >= 0.3 is 0 Å². The van der Waals surface area contributed by atoms with E-state index in [0.29, 0.717) is 11.7 Å². The molecule has 0 radical (unpaired) electrons. The van der Waals surface area contributed by atoms with Crippen molar-refractivity contribution >= 4 is 17.7 Å². The van der Waals surface area contributed by atoms with Crippen LogP contribution in [0.4, 0.5) is 0 Å². The van der Waals surface area contributed by atoms with Gasteiger partial charge in [-0.05, 0) is 48.9 Å². The van der Waals surface area contributed by atoms with Gasteiger partial charge in [0.2, 0.25) is 5.91 Å². The van der Waals surface area contributed by atoms with Crippen LogP contribution in [0.1, 0.15) is 12.5 Å². The van der Waals surface area contributed by atoms with Crippen LogP contribution in [0.2, 0.25) is 0 Å². The summed E-state index contributed by atoms with van der Waals surface area (Å²) in [6.45, 7) is 2.32. The zero-order chi connectivity index (χ0) is 20.8. The summed E-state index contributed by atoms with van der Waals surface area (Å²) in [6.07, 6.45) is 0. The zero-order valence-electron chi connectivity index (χ0n) is 16.9. The second kappa shape index (κ2) is 9.47. The number of hydrogen-bond acceptors (Lipinski definition) is 6. The second-order valence-corrected chi connectivity index (χ2v) is 7.73. The lowest BCUT2D eigenvalue weighted by molar-refractivity contribution is -0.120. The van der Waals surface area contributed by atoms with Gasteiger partial charge in [-0.1, -0.05) is 23.9 Å². The standard InChI is InChI=1S/C21H24N4O3S/c1-14(20(26)22-13-15-5-9-17(27-3)10-6-15)29-21-24-23-19(25(21)2)16-7-11-18(28-4)12-8-16/h5-12,14H,13H2,1-4H3,(H,22,26)/t14-/m0/s1. The monoisotopic (exact) mass is 412 g/mol. The number of methoxy groups -OCH3 is 2. The largest absolute Gasteiger partial charge is 0.497 e. The Bertz CT molecular complexity index is 955. The minimum absolute atomic E-state index is 0.0557. The highest BCUT2D eigenvalue weighted by atomic mass is 32.2. The number of hydrogen-bond donors (Lipinski definition) is 1. The number of amides is 1. The quantitative estimate of drug-likeness (QED) is 0.572. The molecule has 1 atom stereocenters. The third-order valence-corrected chi connectivity index (χ3v) is 5.59. The lowest BCUT2D eigenvalue weighted by Crippen LogP contribution is -2.30. The average molecular weight is 413 g/mol. The molecule has 0 spiro atoms. The van der Waals surface area contributed by atoms with E-state index in [4.69, 9.17) is 9.47 Å². The molecule has 0 fully saturated rings. The van der Waals surface area contributed by atoms with E-state index >= 15 is 0 Å². The van der Waals surface area contributed by atoms with Gasteiger partial charge in [-0.15, -0.1) is 10.2 Å². The first-order valence-corrected chi connectivity index (χ1v) is 10.0. The summed E-state index contributed by atoms with van der Waals surface area (Å²) < 4.78 is 12.2. The summed E-state index contributed by atoms with van der Waals surface area (Å²) in [5.41, 5.74) is 1.95. The van der Waals surface area contributed by atoms with Gasteiger partial charge in [0.05, 0.1) is 19.5 Å². The molecule has 1 amide bonds. The van der Waals surface area contributed by atoms with Gasteiger partial charge in [-0.2, -0.15) is 0 Å². The van der Waals surface area contributed by atoms with Crippen molar-refractivity contribution < 1.29 is 14.3 Å². The molecule has 0 aliphatic heterocycles. The molecule has 0 saturated carbocycles. The van der Waals surface area contributed by atoms with Crippen molar-refractivity contribution in [2.45, 2.75) is 23.9 Å². The smallest absolute Gasteiger partial charge is 0.233 e. The molecule has 3 aromatic rings. The number of nitrogens with one attached hydrogen (secondary N) is 1. The van der Waals surface area contributed by atoms with Crippen LogP contribution in [0, 0.1) is 0 Å². The fourth-order valence-electron chi connectivity index (χ4n) is 2.70. The molecule has 0 aliphatic rings. The van der Waals surface area contributed by atoms with E-state index in [2.05, 4.69) is 15.5 Å². The predicted octanol–water partition coefficient (Wildman–Crippen LogP) is 3.30. The highest BCUT2D eigenvalue weighted by molar-refractivity contribution is 8.00. The van der Waals surface area contributed by atoms with Gasteiger partial charge in [-0.3, -0.25) is 4.79 Å². The Morgan fingerprint density at radius 3 is 2.21 bits per heavy atom. The van der Waals surface area contributed by atoms with E-state index in [1.807, 2.05) is 67.1 Å². The van der Waals surface area contributed by atoms with E-state index in [9.17, 15) is 4.79 Å². The van der Waals surface area contributed by atoms with Crippen LogP contribution >= 0.6 is 11.8 Å². The van der Waals surface area contributed by atoms with Crippen LogP contribution < -0.4 is 14.8 Å². The maximum Gasteiger partial charge on any atom is 0.233 e. The van der Waals surface area contributed by atoms with Crippen molar-refractivity contribution in [2.75, 3.05) is 14.2 Å². The molecule has 1 aromatic heterocycles. The number of benzene rings is 2. The Labute approximate surface area is 174 Å². The van der Waals surface area contributed by atoms with Crippen LogP contribution in [0.5, 0.6) is 11.5 Å². The van der Waals surface area contributed by atoms with Gasteiger partial charge in [0.25, 0.3) is 0 Å². The summed E-state index contributed by atoms with van der Waals surface area (Å²) >= 11 is 1.38. The summed E-state index contributed by atoms with van der Waals surface area (Å²) in [5.74, 6) is 2.26. The Balaban J connectivity index is 1.60. The van der Waals surface area contributed by atoms with Crippen LogP contribution in [0.3, 0.4) is 0 Å². The number of aromatic nitrogens is 3. The van der Waals surface area contributed by atoms with Crippen molar-refractivity contribution in [1.29, 1.82) is 0 Å². The van der Waals surface area contributed by atoms with Crippen LogP contribution in [-0.2, 0) is 18.4 Å². The molecule has 1 N–H and O–H groups in total. The van der Waals surface area contributed by atoms with Crippen molar-refractivity contribution in [3.05, 3.63) is 54.1 Å². The number of nitrogens with zero attached hydrogens (tertiary/aromatic N) is 3. The number of carbonyl (C=O) groups is 1. The molecule has 0 saturated heterocycles.